The largest absolute Gasteiger partial charge is 0.484 e. The molecule has 0 atom stereocenters. The lowest BCUT2D eigenvalue weighted by molar-refractivity contribution is -0.134. The van der Waals surface area contributed by atoms with Crippen LogP contribution in [-0.2, 0) is 17.8 Å². The number of piperidine rings is 1. The fourth-order valence-corrected chi connectivity index (χ4v) is 3.65. The second-order valence-electron chi connectivity index (χ2n) is 7.12. The Morgan fingerprint density at radius 3 is 2.88 bits per heavy atom. The average molecular weight is 341 g/mol. The van der Waals surface area contributed by atoms with Crippen molar-refractivity contribution < 1.29 is 9.53 Å². The van der Waals surface area contributed by atoms with Crippen LogP contribution in [0.2, 0.25) is 0 Å². The summed E-state index contributed by atoms with van der Waals surface area (Å²) >= 11 is 0. The molecule has 6 heteroatoms. The van der Waals surface area contributed by atoms with Crippen molar-refractivity contribution in [3.8, 4) is 5.75 Å². The van der Waals surface area contributed by atoms with E-state index in [4.69, 9.17) is 4.74 Å². The summed E-state index contributed by atoms with van der Waals surface area (Å²) in [5, 5.41) is 0.558. The number of hydrogen-bond donors (Lipinski definition) is 0. The molecule has 3 heterocycles. The highest BCUT2D eigenvalue weighted by Crippen LogP contribution is 2.20. The molecule has 1 amide bonds. The highest BCUT2D eigenvalue weighted by molar-refractivity contribution is 5.80. The van der Waals surface area contributed by atoms with Gasteiger partial charge in [0.25, 0.3) is 11.5 Å². The van der Waals surface area contributed by atoms with Crippen molar-refractivity contribution in [2.75, 3.05) is 19.7 Å². The van der Waals surface area contributed by atoms with E-state index in [0.717, 1.165) is 51.1 Å². The molecule has 0 N–H and O–H groups in total. The molecule has 0 spiro atoms. The highest BCUT2D eigenvalue weighted by atomic mass is 16.5. The summed E-state index contributed by atoms with van der Waals surface area (Å²) in [5.74, 6) is 2.10. The number of ether oxygens (including phenoxy) is 1. The molecule has 0 aliphatic carbocycles. The molecule has 132 valence electrons. The summed E-state index contributed by atoms with van der Waals surface area (Å²) in [6, 6.07) is 5.30. The molecule has 2 aliphatic heterocycles. The Balaban J connectivity index is 1.49. The molecule has 0 bridgehead atoms. The Hall–Kier alpha value is -2.37. The summed E-state index contributed by atoms with van der Waals surface area (Å²) in [6.45, 7) is 4.57. The first-order valence-electron chi connectivity index (χ1n) is 9.06. The van der Waals surface area contributed by atoms with Crippen molar-refractivity contribution in [1.82, 2.24) is 14.5 Å². The number of aryl methyl sites for hydroxylation is 1. The minimum atomic E-state index is -0.0145. The molecule has 0 saturated carbocycles. The van der Waals surface area contributed by atoms with Gasteiger partial charge in [-0.3, -0.25) is 14.2 Å². The number of carbonyl (C=O) groups excluding carboxylic acids is 1. The SMILES string of the molecule is CC1CCN(C(=O)COc2ccc3nc4n(c(=O)c3c2)CCC4)CC1. The van der Waals surface area contributed by atoms with Crippen LogP contribution in [0.15, 0.2) is 23.0 Å². The zero-order valence-corrected chi connectivity index (χ0v) is 14.5. The van der Waals surface area contributed by atoms with E-state index < -0.39 is 0 Å². The van der Waals surface area contributed by atoms with Crippen molar-refractivity contribution in [1.29, 1.82) is 0 Å². The van der Waals surface area contributed by atoms with Crippen LogP contribution in [0.1, 0.15) is 32.0 Å². The van der Waals surface area contributed by atoms with Crippen LogP contribution < -0.4 is 10.3 Å². The normalized spacial score (nSPS) is 17.7. The van der Waals surface area contributed by atoms with Crippen molar-refractivity contribution in [2.45, 2.75) is 39.2 Å². The van der Waals surface area contributed by atoms with Crippen LogP contribution in [-0.4, -0.2) is 40.1 Å². The first-order valence-corrected chi connectivity index (χ1v) is 9.06. The monoisotopic (exact) mass is 341 g/mol. The Labute approximate surface area is 146 Å². The van der Waals surface area contributed by atoms with E-state index in [-0.39, 0.29) is 18.1 Å². The molecule has 2 aromatic rings. The van der Waals surface area contributed by atoms with Crippen LogP contribution in [0.25, 0.3) is 10.9 Å². The predicted molar refractivity (Wildman–Crippen MR) is 94.8 cm³/mol. The Morgan fingerprint density at radius 1 is 1.28 bits per heavy atom. The predicted octanol–water partition coefficient (Wildman–Crippen LogP) is 1.98. The summed E-state index contributed by atoms with van der Waals surface area (Å²) in [5.41, 5.74) is 0.682. The first kappa shape index (κ1) is 16.1. The second kappa shape index (κ2) is 6.50. The molecular formula is C19H23N3O3. The smallest absolute Gasteiger partial charge is 0.261 e. The van der Waals surface area contributed by atoms with Crippen molar-refractivity contribution in [2.24, 2.45) is 5.92 Å². The van der Waals surface area contributed by atoms with Crippen LogP contribution in [0.4, 0.5) is 0 Å². The third-order valence-electron chi connectivity index (χ3n) is 5.29. The Morgan fingerprint density at radius 2 is 2.08 bits per heavy atom. The quantitative estimate of drug-likeness (QED) is 0.856. The van der Waals surface area contributed by atoms with E-state index in [2.05, 4.69) is 11.9 Å². The molecule has 2 aliphatic rings. The van der Waals surface area contributed by atoms with E-state index >= 15 is 0 Å². The van der Waals surface area contributed by atoms with Crippen LogP contribution in [0, 0.1) is 5.92 Å². The maximum absolute atomic E-state index is 12.6. The minimum Gasteiger partial charge on any atom is -0.484 e. The van der Waals surface area contributed by atoms with Gasteiger partial charge in [-0.2, -0.15) is 0 Å². The molecule has 0 unspecified atom stereocenters. The molecular weight excluding hydrogens is 318 g/mol. The minimum absolute atomic E-state index is 0.01000. The lowest BCUT2D eigenvalue weighted by Crippen LogP contribution is -2.40. The van der Waals surface area contributed by atoms with Gasteiger partial charge in [0.1, 0.15) is 11.6 Å². The van der Waals surface area contributed by atoms with Crippen LogP contribution >= 0.6 is 0 Å². The molecule has 4 rings (SSSR count). The van der Waals surface area contributed by atoms with E-state index in [1.807, 2.05) is 4.90 Å². The van der Waals surface area contributed by atoms with Gasteiger partial charge in [-0.1, -0.05) is 6.92 Å². The summed E-state index contributed by atoms with van der Waals surface area (Å²) < 4.78 is 7.41. The van der Waals surface area contributed by atoms with E-state index in [0.29, 0.717) is 22.6 Å². The molecule has 1 fully saturated rings. The number of hydrogen-bond acceptors (Lipinski definition) is 4. The molecule has 6 nitrogen and oxygen atoms in total. The number of rotatable bonds is 3. The number of amides is 1. The molecule has 1 aromatic carbocycles. The van der Waals surface area contributed by atoms with Gasteiger partial charge >= 0.3 is 0 Å². The number of fused-ring (bicyclic) bond motifs is 2. The maximum atomic E-state index is 12.6. The first-order chi connectivity index (χ1) is 12.1. The lowest BCUT2D eigenvalue weighted by Gasteiger charge is -2.30. The number of carbonyl (C=O) groups is 1. The third kappa shape index (κ3) is 3.13. The number of likely N-dealkylation sites (tertiary alicyclic amines) is 1. The number of nitrogens with zero attached hydrogens (tertiary/aromatic N) is 3. The zero-order valence-electron chi connectivity index (χ0n) is 14.5. The van der Waals surface area contributed by atoms with Gasteiger partial charge in [0, 0.05) is 26.1 Å². The number of aromatic nitrogens is 2. The van der Waals surface area contributed by atoms with Crippen LogP contribution in [0.5, 0.6) is 5.75 Å². The van der Waals surface area contributed by atoms with Crippen LogP contribution in [0.3, 0.4) is 0 Å². The Bertz CT molecular complexity index is 866. The van der Waals surface area contributed by atoms with Gasteiger partial charge in [-0.05, 0) is 43.4 Å². The van der Waals surface area contributed by atoms with Gasteiger partial charge in [-0.15, -0.1) is 0 Å². The molecule has 0 radical (unpaired) electrons. The van der Waals surface area contributed by atoms with E-state index in [9.17, 15) is 9.59 Å². The summed E-state index contributed by atoms with van der Waals surface area (Å²) in [7, 11) is 0. The fraction of sp³-hybridized carbons (Fsp3) is 0.526. The van der Waals surface area contributed by atoms with Gasteiger partial charge in [0.2, 0.25) is 0 Å². The van der Waals surface area contributed by atoms with Gasteiger partial charge in [0.15, 0.2) is 6.61 Å². The zero-order chi connectivity index (χ0) is 17.4. The standard InChI is InChI=1S/C19H23N3O3/c1-13-6-9-21(10-7-13)18(23)12-25-14-4-5-16-15(11-14)19(24)22-8-2-3-17(22)20-16/h4-5,11,13H,2-3,6-10,12H2,1H3. The third-order valence-corrected chi connectivity index (χ3v) is 5.29. The molecule has 25 heavy (non-hydrogen) atoms. The average Bonchev–Trinajstić information content (AvgIpc) is 3.09. The fourth-order valence-electron chi connectivity index (χ4n) is 3.65. The Kier molecular flexibility index (Phi) is 4.19. The maximum Gasteiger partial charge on any atom is 0.261 e. The second-order valence-corrected chi connectivity index (χ2v) is 7.12. The number of benzene rings is 1. The van der Waals surface area contributed by atoms with Crippen molar-refractivity contribution in [3.63, 3.8) is 0 Å². The summed E-state index contributed by atoms with van der Waals surface area (Å²) in [6.07, 6.45) is 3.92. The lowest BCUT2D eigenvalue weighted by atomic mass is 9.99. The van der Waals surface area contributed by atoms with Crippen molar-refractivity contribution in [3.05, 3.63) is 34.4 Å². The van der Waals surface area contributed by atoms with E-state index in [1.54, 1.807) is 22.8 Å². The van der Waals surface area contributed by atoms with Crippen molar-refractivity contribution >= 4 is 16.8 Å². The molecule has 1 aromatic heterocycles. The highest BCUT2D eigenvalue weighted by Gasteiger charge is 2.21. The topological polar surface area (TPSA) is 64.4 Å². The van der Waals surface area contributed by atoms with Gasteiger partial charge in [-0.25, -0.2) is 4.98 Å². The van der Waals surface area contributed by atoms with E-state index in [1.165, 1.54) is 0 Å². The molecule has 1 saturated heterocycles. The van der Waals surface area contributed by atoms with Gasteiger partial charge < -0.3 is 9.64 Å². The summed E-state index contributed by atoms with van der Waals surface area (Å²) in [4.78, 5) is 31.3. The van der Waals surface area contributed by atoms with Gasteiger partial charge in [0.05, 0.1) is 10.9 Å².